The third-order valence-corrected chi connectivity index (χ3v) is 4.24. The van der Waals surface area contributed by atoms with Crippen LogP contribution in [0.4, 0.5) is 5.69 Å². The second kappa shape index (κ2) is 7.22. The number of benzene rings is 2. The van der Waals surface area contributed by atoms with Crippen LogP contribution in [0.15, 0.2) is 52.5 Å². The summed E-state index contributed by atoms with van der Waals surface area (Å²) in [6.07, 6.45) is 1.11. The molecule has 0 saturated carbocycles. The highest BCUT2D eigenvalue weighted by atomic mass is 32.2. The molecule has 0 aliphatic rings. The Morgan fingerprint density at radius 1 is 1.12 bits per heavy atom. The monoisotopic (exact) mass is 364 g/mol. The van der Waals surface area contributed by atoms with Gasteiger partial charge in [0.15, 0.2) is 9.84 Å². The fourth-order valence-corrected chi connectivity index (χ4v) is 2.38. The van der Waals surface area contributed by atoms with E-state index in [0.29, 0.717) is 11.5 Å². The van der Waals surface area contributed by atoms with Gasteiger partial charge in [0.25, 0.3) is 0 Å². The predicted octanol–water partition coefficient (Wildman–Crippen LogP) is 2.46. The fourth-order valence-electron chi connectivity index (χ4n) is 1.75. The lowest BCUT2D eigenvalue weighted by Gasteiger charge is -2.09. The number of carboxylic acid groups (broad SMARTS) is 1. The number of phenolic OH excluding ortho intramolecular Hbond substituents is 1. The van der Waals surface area contributed by atoms with Gasteiger partial charge in [0.2, 0.25) is 0 Å². The van der Waals surface area contributed by atoms with Crippen molar-refractivity contribution in [1.29, 1.82) is 0 Å². The highest BCUT2D eigenvalue weighted by Gasteiger charge is 2.08. The number of phenols is 1. The van der Waals surface area contributed by atoms with Gasteiger partial charge in [0.05, 0.1) is 10.6 Å². The van der Waals surface area contributed by atoms with Gasteiger partial charge in [-0.15, -0.1) is 0 Å². The van der Waals surface area contributed by atoms with Crippen LogP contribution >= 0.6 is 0 Å². The number of ether oxygens (including phenoxy) is 1. The highest BCUT2D eigenvalue weighted by Crippen LogP contribution is 2.31. The molecule has 0 saturated heterocycles. The van der Waals surface area contributed by atoms with Crippen LogP contribution in [0, 0.1) is 0 Å². The van der Waals surface area contributed by atoms with Crippen molar-refractivity contribution in [1.82, 2.24) is 0 Å². The average Bonchev–Trinajstić information content (AvgIpc) is 2.53. The van der Waals surface area contributed by atoms with Crippen LogP contribution in [0.25, 0.3) is 0 Å². The minimum absolute atomic E-state index is 0.161. The summed E-state index contributed by atoms with van der Waals surface area (Å²) in [6.45, 7) is 1.31. The molecular weight excluding hydrogens is 348 g/mol. The number of nitrogens with zero attached hydrogens (tertiary/aromatic N) is 1. The smallest absolute Gasteiger partial charge is 0.351 e. The summed E-state index contributed by atoms with van der Waals surface area (Å²) in [5.41, 5.74) is 2.49. The van der Waals surface area contributed by atoms with Gasteiger partial charge in [-0.2, -0.15) is 5.10 Å². The SMILES string of the molecule is C/C(=N/Nc1ccc(Oc2ccc(S(C)(=O)=O)cc2)cc1O)C(=O)O. The Bertz CT molecular complexity index is 920. The Kier molecular flexibility index (Phi) is 5.28. The predicted molar refractivity (Wildman–Crippen MR) is 92.1 cm³/mol. The number of hydrogen-bond acceptors (Lipinski definition) is 7. The Morgan fingerprint density at radius 2 is 1.72 bits per heavy atom. The zero-order valence-corrected chi connectivity index (χ0v) is 14.2. The third kappa shape index (κ3) is 4.95. The second-order valence-corrected chi connectivity index (χ2v) is 7.15. The van der Waals surface area contributed by atoms with Crippen molar-refractivity contribution in [3.8, 4) is 17.2 Å². The highest BCUT2D eigenvalue weighted by molar-refractivity contribution is 7.90. The molecule has 0 unspecified atom stereocenters. The molecule has 2 aromatic carbocycles. The summed E-state index contributed by atoms with van der Waals surface area (Å²) in [6, 6.07) is 10.2. The maximum Gasteiger partial charge on any atom is 0.351 e. The number of anilines is 1. The van der Waals surface area contributed by atoms with E-state index < -0.39 is 15.8 Å². The topological polar surface area (TPSA) is 125 Å². The van der Waals surface area contributed by atoms with E-state index >= 15 is 0 Å². The van der Waals surface area contributed by atoms with Gasteiger partial charge < -0.3 is 14.9 Å². The Labute approximate surface area is 144 Å². The van der Waals surface area contributed by atoms with E-state index in [1.54, 1.807) is 0 Å². The van der Waals surface area contributed by atoms with Crippen LogP contribution in [0.2, 0.25) is 0 Å². The number of carbonyl (C=O) groups is 1. The molecule has 132 valence electrons. The number of aliphatic carboxylic acids is 1. The molecular formula is C16H16N2O6S. The van der Waals surface area contributed by atoms with Gasteiger partial charge in [0.1, 0.15) is 23.0 Å². The third-order valence-electron chi connectivity index (χ3n) is 3.11. The van der Waals surface area contributed by atoms with E-state index in [9.17, 15) is 18.3 Å². The van der Waals surface area contributed by atoms with Crippen LogP contribution in [-0.4, -0.2) is 36.6 Å². The number of rotatable bonds is 6. The van der Waals surface area contributed by atoms with Gasteiger partial charge in [-0.1, -0.05) is 0 Å². The molecule has 9 heteroatoms. The van der Waals surface area contributed by atoms with Crippen molar-refractivity contribution in [3.05, 3.63) is 42.5 Å². The molecule has 0 radical (unpaired) electrons. The average molecular weight is 364 g/mol. The molecule has 0 aromatic heterocycles. The Hall–Kier alpha value is -3.07. The van der Waals surface area contributed by atoms with Crippen molar-refractivity contribution in [2.24, 2.45) is 5.10 Å². The molecule has 0 spiro atoms. The lowest BCUT2D eigenvalue weighted by Crippen LogP contribution is -2.10. The minimum Gasteiger partial charge on any atom is -0.506 e. The van der Waals surface area contributed by atoms with Crippen LogP contribution in [0.5, 0.6) is 17.2 Å². The van der Waals surface area contributed by atoms with E-state index in [2.05, 4.69) is 10.5 Å². The second-order valence-electron chi connectivity index (χ2n) is 5.14. The number of hydrazone groups is 1. The number of hydrogen-bond donors (Lipinski definition) is 3. The van der Waals surface area contributed by atoms with Gasteiger partial charge in [-0.3, -0.25) is 5.43 Å². The molecule has 25 heavy (non-hydrogen) atoms. The standard InChI is InChI=1S/C16H16N2O6S/c1-10(16(20)21)17-18-14-8-5-12(9-15(14)19)24-11-3-6-13(7-4-11)25(2,22)23/h3-9,18-19H,1-2H3,(H,20,21)/b17-10-. The summed E-state index contributed by atoms with van der Waals surface area (Å²) < 4.78 is 28.3. The van der Waals surface area contributed by atoms with E-state index in [1.807, 2.05) is 0 Å². The number of carboxylic acids is 1. The molecule has 0 aliphatic heterocycles. The quantitative estimate of drug-likeness (QED) is 0.408. The van der Waals surface area contributed by atoms with Crippen molar-refractivity contribution in [3.63, 3.8) is 0 Å². The van der Waals surface area contributed by atoms with Crippen LogP contribution in [-0.2, 0) is 14.6 Å². The molecule has 2 rings (SSSR count). The Morgan fingerprint density at radius 3 is 2.24 bits per heavy atom. The van der Waals surface area contributed by atoms with E-state index in [4.69, 9.17) is 9.84 Å². The molecule has 8 nitrogen and oxygen atoms in total. The number of aromatic hydroxyl groups is 1. The maximum absolute atomic E-state index is 11.4. The molecule has 2 aromatic rings. The van der Waals surface area contributed by atoms with Crippen molar-refractivity contribution < 1.29 is 28.2 Å². The lowest BCUT2D eigenvalue weighted by atomic mass is 10.3. The first-order valence-corrected chi connectivity index (χ1v) is 8.90. The largest absolute Gasteiger partial charge is 0.506 e. The molecule has 0 amide bonds. The summed E-state index contributed by atoms with van der Waals surface area (Å²) in [7, 11) is -3.28. The first-order valence-electron chi connectivity index (χ1n) is 7.01. The molecule has 3 N–H and O–H groups in total. The van der Waals surface area contributed by atoms with Crippen molar-refractivity contribution in [2.45, 2.75) is 11.8 Å². The number of nitrogens with one attached hydrogen (secondary N) is 1. The van der Waals surface area contributed by atoms with Crippen LogP contribution in [0.3, 0.4) is 0 Å². The molecule has 0 atom stereocenters. The van der Waals surface area contributed by atoms with Crippen LogP contribution < -0.4 is 10.2 Å². The molecule has 0 heterocycles. The lowest BCUT2D eigenvalue weighted by molar-refractivity contribution is -0.129. The fraction of sp³-hybridized carbons (Fsp3) is 0.125. The van der Waals surface area contributed by atoms with Gasteiger partial charge in [-0.25, -0.2) is 13.2 Å². The Balaban J connectivity index is 2.13. The van der Waals surface area contributed by atoms with Gasteiger partial charge in [0, 0.05) is 12.3 Å². The first-order chi connectivity index (χ1) is 11.7. The summed E-state index contributed by atoms with van der Waals surface area (Å²) in [5.74, 6) is -0.655. The molecule has 0 aliphatic carbocycles. The van der Waals surface area contributed by atoms with E-state index in [1.165, 1.54) is 49.4 Å². The van der Waals surface area contributed by atoms with Gasteiger partial charge in [-0.05, 0) is 43.3 Å². The minimum atomic E-state index is -3.28. The number of sulfone groups is 1. The summed E-state index contributed by atoms with van der Waals surface area (Å²) in [4.78, 5) is 10.8. The van der Waals surface area contributed by atoms with E-state index in [-0.39, 0.29) is 22.0 Å². The van der Waals surface area contributed by atoms with Crippen LogP contribution in [0.1, 0.15) is 6.92 Å². The summed E-state index contributed by atoms with van der Waals surface area (Å²) in [5, 5.41) is 22.3. The van der Waals surface area contributed by atoms with E-state index in [0.717, 1.165) is 6.26 Å². The van der Waals surface area contributed by atoms with Gasteiger partial charge >= 0.3 is 5.97 Å². The maximum atomic E-state index is 11.4. The van der Waals surface area contributed by atoms with Crippen molar-refractivity contribution >= 4 is 27.2 Å². The zero-order chi connectivity index (χ0) is 18.6. The first kappa shape index (κ1) is 18.3. The zero-order valence-electron chi connectivity index (χ0n) is 13.4. The molecule has 0 bridgehead atoms. The normalized spacial score (nSPS) is 11.8. The summed E-state index contributed by atoms with van der Waals surface area (Å²) >= 11 is 0. The molecule has 0 fully saturated rings. The van der Waals surface area contributed by atoms with Crippen molar-refractivity contribution in [2.75, 3.05) is 11.7 Å².